The zero-order chi connectivity index (χ0) is 18.5. The molecular formula is C19H16BrClN2O2S. The Bertz CT molecular complexity index is 882. The number of rotatable bonds is 5. The summed E-state index contributed by atoms with van der Waals surface area (Å²) in [7, 11) is 0. The number of carbonyl (C=O) groups is 1. The van der Waals surface area contributed by atoms with E-state index in [1.807, 2.05) is 24.3 Å². The van der Waals surface area contributed by atoms with Gasteiger partial charge in [0.25, 0.3) is 5.91 Å². The van der Waals surface area contributed by atoms with Crippen LogP contribution in [0.4, 0.5) is 5.69 Å². The minimum Gasteiger partial charge on any atom is -0.492 e. The predicted octanol–water partition coefficient (Wildman–Crippen LogP) is 5.78. The van der Waals surface area contributed by atoms with Gasteiger partial charge in [-0.1, -0.05) is 24.6 Å². The van der Waals surface area contributed by atoms with Gasteiger partial charge in [0.2, 0.25) is 0 Å². The number of thioether (sulfide) groups is 1. The molecule has 134 valence electrons. The Morgan fingerprint density at radius 2 is 2.04 bits per heavy atom. The van der Waals surface area contributed by atoms with Gasteiger partial charge in [-0.05, 0) is 82.2 Å². The molecule has 2 aromatic carbocycles. The van der Waals surface area contributed by atoms with E-state index >= 15 is 0 Å². The summed E-state index contributed by atoms with van der Waals surface area (Å²) in [5, 5.41) is 3.97. The van der Waals surface area contributed by atoms with Crippen molar-refractivity contribution in [2.24, 2.45) is 4.99 Å². The van der Waals surface area contributed by atoms with Gasteiger partial charge in [0.05, 0.1) is 21.7 Å². The molecule has 0 radical (unpaired) electrons. The number of nitrogens with one attached hydrogen (secondary N) is 1. The molecule has 1 aliphatic heterocycles. The first kappa shape index (κ1) is 19.0. The van der Waals surface area contributed by atoms with Gasteiger partial charge in [0.1, 0.15) is 5.75 Å². The number of hydrogen-bond donors (Lipinski definition) is 1. The van der Waals surface area contributed by atoms with E-state index in [0.29, 0.717) is 21.7 Å². The molecule has 0 spiro atoms. The third kappa shape index (κ3) is 4.90. The number of ether oxygens (including phenoxy) is 1. The number of benzene rings is 2. The third-order valence-electron chi connectivity index (χ3n) is 3.42. The van der Waals surface area contributed by atoms with E-state index < -0.39 is 0 Å². The molecule has 26 heavy (non-hydrogen) atoms. The Morgan fingerprint density at radius 1 is 1.27 bits per heavy atom. The molecular weight excluding hydrogens is 436 g/mol. The van der Waals surface area contributed by atoms with Crippen molar-refractivity contribution in [1.29, 1.82) is 0 Å². The lowest BCUT2D eigenvalue weighted by Gasteiger charge is -2.07. The molecule has 0 saturated carbocycles. The quantitative estimate of drug-likeness (QED) is 0.586. The van der Waals surface area contributed by atoms with Gasteiger partial charge in [-0.25, -0.2) is 4.99 Å². The van der Waals surface area contributed by atoms with Gasteiger partial charge in [-0.15, -0.1) is 0 Å². The van der Waals surface area contributed by atoms with Crippen molar-refractivity contribution in [1.82, 2.24) is 5.32 Å². The summed E-state index contributed by atoms with van der Waals surface area (Å²) in [5.41, 5.74) is 1.64. The van der Waals surface area contributed by atoms with E-state index in [-0.39, 0.29) is 5.91 Å². The van der Waals surface area contributed by atoms with Crippen molar-refractivity contribution in [2.75, 3.05) is 6.61 Å². The monoisotopic (exact) mass is 450 g/mol. The molecule has 0 aromatic heterocycles. The van der Waals surface area contributed by atoms with Gasteiger partial charge in [-0.3, -0.25) is 4.79 Å². The maximum absolute atomic E-state index is 12.2. The first-order valence-electron chi connectivity index (χ1n) is 8.02. The summed E-state index contributed by atoms with van der Waals surface area (Å²) < 4.78 is 6.50. The van der Waals surface area contributed by atoms with E-state index in [1.54, 1.807) is 24.3 Å². The lowest BCUT2D eigenvalue weighted by molar-refractivity contribution is -0.115. The first-order chi connectivity index (χ1) is 12.5. The molecule has 0 unspecified atom stereocenters. The van der Waals surface area contributed by atoms with E-state index in [1.165, 1.54) is 11.8 Å². The van der Waals surface area contributed by atoms with Gasteiger partial charge in [-0.2, -0.15) is 0 Å². The van der Waals surface area contributed by atoms with E-state index in [4.69, 9.17) is 16.3 Å². The molecule has 1 heterocycles. The average molecular weight is 452 g/mol. The minimum absolute atomic E-state index is 0.162. The number of halogens is 2. The highest BCUT2D eigenvalue weighted by Gasteiger charge is 2.23. The molecule has 0 bridgehead atoms. The Kier molecular flexibility index (Phi) is 6.40. The number of nitrogens with zero attached hydrogens (tertiary/aromatic N) is 1. The lowest BCUT2D eigenvalue weighted by Crippen LogP contribution is -2.19. The van der Waals surface area contributed by atoms with Crippen LogP contribution in [0.5, 0.6) is 5.75 Å². The molecule has 1 amide bonds. The van der Waals surface area contributed by atoms with E-state index in [2.05, 4.69) is 33.2 Å². The molecule has 4 nitrogen and oxygen atoms in total. The highest BCUT2D eigenvalue weighted by atomic mass is 79.9. The average Bonchev–Trinajstić information content (AvgIpc) is 2.95. The summed E-state index contributed by atoms with van der Waals surface area (Å²) in [6, 6.07) is 12.9. The van der Waals surface area contributed by atoms with Crippen LogP contribution in [0.25, 0.3) is 6.08 Å². The molecule has 7 heteroatoms. The molecule has 1 fully saturated rings. The fraction of sp³-hybridized carbons (Fsp3) is 0.158. The van der Waals surface area contributed by atoms with Crippen molar-refractivity contribution in [3.8, 4) is 5.75 Å². The summed E-state index contributed by atoms with van der Waals surface area (Å²) in [4.78, 5) is 17.2. The van der Waals surface area contributed by atoms with Crippen LogP contribution in [-0.2, 0) is 4.79 Å². The highest BCUT2D eigenvalue weighted by molar-refractivity contribution is 9.10. The second-order valence-electron chi connectivity index (χ2n) is 5.50. The number of amides is 1. The zero-order valence-corrected chi connectivity index (χ0v) is 17.1. The standard InChI is InChI=1S/C19H16BrClN2O2S/c1-2-9-25-16-8-3-12(10-15(16)20)11-17-18(24)23-19(26-17)22-14-6-4-13(21)5-7-14/h3-8,10-11H,2,9H2,1H3,(H,22,23,24)/b17-11-. The fourth-order valence-corrected chi connectivity index (χ4v) is 3.68. The fourth-order valence-electron chi connectivity index (χ4n) is 2.20. The summed E-state index contributed by atoms with van der Waals surface area (Å²) in [5.74, 6) is 0.632. The largest absolute Gasteiger partial charge is 0.492 e. The van der Waals surface area contributed by atoms with Crippen molar-refractivity contribution < 1.29 is 9.53 Å². The van der Waals surface area contributed by atoms with Gasteiger partial charge < -0.3 is 10.1 Å². The summed E-state index contributed by atoms with van der Waals surface area (Å²) in [6.07, 6.45) is 2.78. The Hall–Kier alpha value is -1.76. The highest BCUT2D eigenvalue weighted by Crippen LogP contribution is 2.31. The number of hydrogen-bond acceptors (Lipinski definition) is 4. The van der Waals surface area contributed by atoms with Gasteiger partial charge >= 0.3 is 0 Å². The van der Waals surface area contributed by atoms with E-state index in [9.17, 15) is 4.79 Å². The normalized spacial score (nSPS) is 17.0. The van der Waals surface area contributed by atoms with Gasteiger partial charge in [0, 0.05) is 5.02 Å². The summed E-state index contributed by atoms with van der Waals surface area (Å²) in [6.45, 7) is 2.73. The van der Waals surface area contributed by atoms with Crippen molar-refractivity contribution >= 4 is 62.1 Å². The van der Waals surface area contributed by atoms with Crippen LogP contribution >= 0.6 is 39.3 Å². The molecule has 1 N–H and O–H groups in total. The summed E-state index contributed by atoms with van der Waals surface area (Å²) >= 11 is 10.7. The minimum atomic E-state index is -0.162. The molecule has 1 aliphatic rings. The SMILES string of the molecule is CCCOc1ccc(/C=C2\SC(=Nc3ccc(Cl)cc3)NC2=O)cc1Br. The Balaban J connectivity index is 1.76. The third-order valence-corrected chi connectivity index (χ3v) is 5.21. The Labute approximate surface area is 169 Å². The van der Waals surface area contributed by atoms with Crippen LogP contribution in [0.2, 0.25) is 5.02 Å². The number of aliphatic imine (C=N–C) groups is 1. The van der Waals surface area contributed by atoms with Crippen LogP contribution in [0.15, 0.2) is 56.8 Å². The first-order valence-corrected chi connectivity index (χ1v) is 10.0. The smallest absolute Gasteiger partial charge is 0.264 e. The van der Waals surface area contributed by atoms with Crippen LogP contribution in [-0.4, -0.2) is 17.7 Å². The molecule has 3 rings (SSSR count). The van der Waals surface area contributed by atoms with Crippen LogP contribution in [0, 0.1) is 0 Å². The topological polar surface area (TPSA) is 50.7 Å². The van der Waals surface area contributed by atoms with Crippen LogP contribution in [0.1, 0.15) is 18.9 Å². The molecule has 2 aromatic rings. The van der Waals surface area contributed by atoms with Crippen molar-refractivity contribution in [3.05, 3.63) is 62.4 Å². The zero-order valence-electron chi connectivity index (χ0n) is 14.0. The number of carbonyl (C=O) groups excluding carboxylic acids is 1. The number of amidine groups is 1. The lowest BCUT2D eigenvalue weighted by atomic mass is 10.2. The predicted molar refractivity (Wildman–Crippen MR) is 112 cm³/mol. The maximum Gasteiger partial charge on any atom is 0.264 e. The van der Waals surface area contributed by atoms with Gasteiger partial charge in [0.15, 0.2) is 5.17 Å². The Morgan fingerprint density at radius 3 is 2.73 bits per heavy atom. The van der Waals surface area contributed by atoms with Crippen LogP contribution < -0.4 is 10.1 Å². The second-order valence-corrected chi connectivity index (χ2v) is 7.82. The second kappa shape index (κ2) is 8.75. The molecule has 1 saturated heterocycles. The van der Waals surface area contributed by atoms with E-state index in [0.717, 1.165) is 27.9 Å². The molecule has 0 atom stereocenters. The van der Waals surface area contributed by atoms with Crippen molar-refractivity contribution in [2.45, 2.75) is 13.3 Å². The van der Waals surface area contributed by atoms with Crippen molar-refractivity contribution in [3.63, 3.8) is 0 Å². The van der Waals surface area contributed by atoms with Crippen LogP contribution in [0.3, 0.4) is 0 Å². The maximum atomic E-state index is 12.2. The molecule has 0 aliphatic carbocycles.